The van der Waals surface area contributed by atoms with Crippen LogP contribution >= 0.6 is 23.1 Å². The van der Waals surface area contributed by atoms with Gasteiger partial charge in [-0.3, -0.25) is 9.36 Å². The third-order valence-corrected chi connectivity index (χ3v) is 7.50. The van der Waals surface area contributed by atoms with Crippen LogP contribution in [0.5, 0.6) is 0 Å². The number of thiophene rings is 1. The molecule has 1 atom stereocenters. The molecular formula is C22H24FN5OS2. The summed E-state index contributed by atoms with van der Waals surface area (Å²) in [5.41, 5.74) is 0.861. The number of nitrogens with one attached hydrogen (secondary N) is 1. The zero-order chi connectivity index (χ0) is 21.2. The molecule has 1 aliphatic heterocycles. The Hall–Kier alpha value is -2.39. The molecule has 1 aliphatic carbocycles. The Morgan fingerprint density at radius 1 is 1.19 bits per heavy atom. The van der Waals surface area contributed by atoms with E-state index in [1.807, 2.05) is 17.5 Å². The van der Waals surface area contributed by atoms with Crippen LogP contribution in [0.3, 0.4) is 0 Å². The summed E-state index contributed by atoms with van der Waals surface area (Å²) in [6.45, 7) is 2.05. The molecule has 6 nitrogen and oxygen atoms in total. The van der Waals surface area contributed by atoms with Crippen LogP contribution in [-0.4, -0.2) is 39.5 Å². The number of carbonyl (C=O) groups excluding carboxylic acids is 1. The molecule has 2 fully saturated rings. The largest absolute Gasteiger partial charge is 0.344 e. The molecule has 162 valence electrons. The number of hydrogen-bond acceptors (Lipinski definition) is 6. The number of carbonyl (C=O) groups is 1. The first kappa shape index (κ1) is 20.5. The normalized spacial score (nSPS) is 17.1. The summed E-state index contributed by atoms with van der Waals surface area (Å²) in [4.78, 5) is 16.2. The van der Waals surface area contributed by atoms with Gasteiger partial charge in [0.1, 0.15) is 5.82 Å². The molecule has 0 radical (unpaired) electrons. The predicted octanol–water partition coefficient (Wildman–Crippen LogP) is 4.41. The number of halogens is 1. The van der Waals surface area contributed by atoms with Gasteiger partial charge in [0.2, 0.25) is 11.9 Å². The first-order valence-corrected chi connectivity index (χ1v) is 12.5. The first-order valence-electron chi connectivity index (χ1n) is 10.6. The van der Waals surface area contributed by atoms with E-state index in [0.717, 1.165) is 47.5 Å². The molecule has 1 N–H and O–H groups in total. The Morgan fingerprint density at radius 3 is 2.65 bits per heavy atom. The molecule has 5 rings (SSSR count). The fourth-order valence-corrected chi connectivity index (χ4v) is 5.53. The maximum Gasteiger partial charge on any atom is 0.231 e. The third-order valence-electron chi connectivity index (χ3n) is 5.62. The van der Waals surface area contributed by atoms with Crippen molar-refractivity contribution in [1.82, 2.24) is 20.1 Å². The number of hydrogen-bond donors (Lipinski definition) is 1. The smallest absolute Gasteiger partial charge is 0.231 e. The van der Waals surface area contributed by atoms with Crippen LogP contribution in [0.1, 0.15) is 48.2 Å². The average Bonchev–Trinajstić information content (AvgIpc) is 3.21. The molecule has 1 saturated carbocycles. The van der Waals surface area contributed by atoms with Gasteiger partial charge in [0, 0.05) is 24.0 Å². The number of amides is 1. The Balaban J connectivity index is 1.28. The van der Waals surface area contributed by atoms with Crippen molar-refractivity contribution in [3.05, 3.63) is 58.0 Å². The van der Waals surface area contributed by atoms with Crippen LogP contribution in [0, 0.1) is 5.82 Å². The maximum absolute atomic E-state index is 13.4. The fourth-order valence-electron chi connectivity index (χ4n) is 3.92. The van der Waals surface area contributed by atoms with Crippen molar-refractivity contribution in [2.45, 2.75) is 42.9 Å². The van der Waals surface area contributed by atoms with E-state index in [2.05, 4.69) is 25.0 Å². The minimum Gasteiger partial charge on any atom is -0.344 e. The molecule has 9 heteroatoms. The van der Waals surface area contributed by atoms with E-state index in [1.54, 1.807) is 23.5 Å². The number of anilines is 1. The number of rotatable bonds is 8. The van der Waals surface area contributed by atoms with Gasteiger partial charge in [-0.05, 0) is 54.8 Å². The molecule has 2 aromatic heterocycles. The second-order valence-corrected chi connectivity index (χ2v) is 9.86. The van der Waals surface area contributed by atoms with Gasteiger partial charge >= 0.3 is 0 Å². The fraction of sp³-hybridized carbons (Fsp3) is 0.409. The first-order chi connectivity index (χ1) is 15.2. The van der Waals surface area contributed by atoms with Crippen LogP contribution in [-0.2, 0) is 4.79 Å². The van der Waals surface area contributed by atoms with E-state index in [1.165, 1.54) is 36.7 Å². The summed E-state index contributed by atoms with van der Waals surface area (Å²) in [5.74, 6) is 0.837. The maximum atomic E-state index is 13.4. The molecule has 1 aromatic carbocycles. The molecule has 3 aromatic rings. The van der Waals surface area contributed by atoms with Gasteiger partial charge in [-0.15, -0.1) is 21.5 Å². The lowest BCUT2D eigenvalue weighted by atomic mass is 10.1. The molecule has 31 heavy (non-hydrogen) atoms. The van der Waals surface area contributed by atoms with Gasteiger partial charge in [-0.25, -0.2) is 4.39 Å². The summed E-state index contributed by atoms with van der Waals surface area (Å²) in [7, 11) is 0. The monoisotopic (exact) mass is 457 g/mol. The van der Waals surface area contributed by atoms with Crippen molar-refractivity contribution < 1.29 is 9.18 Å². The Morgan fingerprint density at radius 2 is 1.97 bits per heavy atom. The Bertz CT molecular complexity index is 1030. The van der Waals surface area contributed by atoms with E-state index >= 15 is 0 Å². The highest BCUT2D eigenvalue weighted by molar-refractivity contribution is 7.99. The number of aromatic nitrogens is 3. The van der Waals surface area contributed by atoms with Gasteiger partial charge in [-0.1, -0.05) is 30.0 Å². The van der Waals surface area contributed by atoms with Crippen LogP contribution in [0.4, 0.5) is 10.3 Å². The SMILES string of the molecule is O=C(CSc1nnc(N2CCCC2)n1C1CC1)NC(c1ccc(F)cc1)c1cccs1. The summed E-state index contributed by atoms with van der Waals surface area (Å²) < 4.78 is 15.6. The van der Waals surface area contributed by atoms with Crippen LogP contribution in [0.25, 0.3) is 0 Å². The van der Waals surface area contributed by atoms with Crippen LogP contribution < -0.4 is 10.2 Å². The molecule has 2 aliphatic rings. The van der Waals surface area contributed by atoms with E-state index in [-0.39, 0.29) is 23.5 Å². The van der Waals surface area contributed by atoms with Crippen molar-refractivity contribution in [3.63, 3.8) is 0 Å². The van der Waals surface area contributed by atoms with Crippen molar-refractivity contribution in [1.29, 1.82) is 0 Å². The summed E-state index contributed by atoms with van der Waals surface area (Å²) in [6.07, 6.45) is 4.67. The highest BCUT2D eigenvalue weighted by atomic mass is 32.2. The van der Waals surface area contributed by atoms with Crippen molar-refractivity contribution in [3.8, 4) is 0 Å². The molecule has 1 amide bonds. The van der Waals surface area contributed by atoms with Gasteiger partial charge in [0.25, 0.3) is 0 Å². The molecule has 3 heterocycles. The lowest BCUT2D eigenvalue weighted by Gasteiger charge is -2.19. The van der Waals surface area contributed by atoms with Gasteiger partial charge in [0.05, 0.1) is 11.8 Å². The van der Waals surface area contributed by atoms with Gasteiger partial charge in [0.15, 0.2) is 5.16 Å². The second-order valence-electron chi connectivity index (χ2n) is 7.93. The summed E-state index contributed by atoms with van der Waals surface area (Å²) >= 11 is 3.01. The Kier molecular flexibility index (Phi) is 5.95. The number of benzene rings is 1. The molecule has 1 saturated heterocycles. The van der Waals surface area contributed by atoms with Crippen LogP contribution in [0.15, 0.2) is 46.9 Å². The lowest BCUT2D eigenvalue weighted by molar-refractivity contribution is -0.119. The minimum atomic E-state index is -0.296. The van der Waals surface area contributed by atoms with E-state index in [0.29, 0.717) is 6.04 Å². The van der Waals surface area contributed by atoms with Crippen molar-refractivity contribution in [2.24, 2.45) is 0 Å². The highest BCUT2D eigenvalue weighted by Gasteiger charge is 2.32. The van der Waals surface area contributed by atoms with E-state index in [9.17, 15) is 9.18 Å². The van der Waals surface area contributed by atoms with Gasteiger partial charge in [-0.2, -0.15) is 0 Å². The lowest BCUT2D eigenvalue weighted by Crippen LogP contribution is -2.30. The second kappa shape index (κ2) is 9.00. The standard InChI is InChI=1S/C22H24FN5OS2/c23-16-7-5-15(6-8-16)20(18-4-3-13-30-18)24-19(29)14-31-22-26-25-21(27-11-1-2-12-27)28(22)17-9-10-17/h3-8,13,17,20H,1-2,9-12,14H2,(H,24,29). The average molecular weight is 458 g/mol. The summed E-state index contributed by atoms with van der Waals surface area (Å²) in [5, 5.41) is 14.8. The van der Waals surface area contributed by atoms with Crippen molar-refractivity contribution >= 4 is 35.0 Å². The van der Waals surface area contributed by atoms with E-state index in [4.69, 9.17) is 0 Å². The molecule has 0 spiro atoms. The van der Waals surface area contributed by atoms with Gasteiger partial charge < -0.3 is 10.2 Å². The molecule has 0 bridgehead atoms. The highest BCUT2D eigenvalue weighted by Crippen LogP contribution is 2.41. The number of nitrogens with zero attached hydrogens (tertiary/aromatic N) is 4. The van der Waals surface area contributed by atoms with Crippen LogP contribution in [0.2, 0.25) is 0 Å². The van der Waals surface area contributed by atoms with Crippen molar-refractivity contribution in [2.75, 3.05) is 23.7 Å². The Labute approximate surface area is 188 Å². The molecule has 1 unspecified atom stereocenters. The zero-order valence-electron chi connectivity index (χ0n) is 17.0. The topological polar surface area (TPSA) is 63.1 Å². The third kappa shape index (κ3) is 4.62. The quantitative estimate of drug-likeness (QED) is 0.508. The number of thioether (sulfide) groups is 1. The predicted molar refractivity (Wildman–Crippen MR) is 121 cm³/mol. The molecular weight excluding hydrogens is 433 g/mol. The summed E-state index contributed by atoms with van der Waals surface area (Å²) in [6, 6.07) is 10.4. The van der Waals surface area contributed by atoms with E-state index < -0.39 is 0 Å². The zero-order valence-corrected chi connectivity index (χ0v) is 18.7. The minimum absolute atomic E-state index is 0.0826.